The first-order valence-electron chi connectivity index (χ1n) is 7.02. The Morgan fingerprint density at radius 2 is 1.90 bits per heavy atom. The molecule has 3 nitrogen and oxygen atoms in total. The third-order valence-corrected chi connectivity index (χ3v) is 3.67. The normalized spacial score (nSPS) is 11.8. The summed E-state index contributed by atoms with van der Waals surface area (Å²) in [4.78, 5) is 12.1. The molecule has 0 saturated heterocycles. The van der Waals surface area contributed by atoms with Crippen LogP contribution >= 0.6 is 11.6 Å². The highest BCUT2D eigenvalue weighted by molar-refractivity contribution is 6.30. The largest absolute Gasteiger partial charge is 0.323 e. The molecule has 0 aliphatic heterocycles. The van der Waals surface area contributed by atoms with E-state index in [0.717, 1.165) is 17.7 Å². The Kier molecular flexibility index (Phi) is 5.23. The molecule has 4 heteroatoms. The molecule has 0 aliphatic carbocycles. The van der Waals surface area contributed by atoms with Crippen molar-refractivity contribution in [2.24, 2.45) is 0 Å². The Bertz CT molecular complexity index is 628. The van der Waals surface area contributed by atoms with E-state index in [-0.39, 0.29) is 6.03 Å². The first-order valence-corrected chi connectivity index (χ1v) is 7.40. The smallest absolute Gasteiger partial charge is 0.308 e. The summed E-state index contributed by atoms with van der Waals surface area (Å²) in [6.45, 7) is 4.28. The lowest BCUT2D eigenvalue weighted by Gasteiger charge is -2.16. The van der Waals surface area contributed by atoms with Gasteiger partial charge in [0, 0.05) is 16.4 Å². The molecule has 0 radical (unpaired) electrons. The van der Waals surface area contributed by atoms with Crippen LogP contribution in [-0.4, -0.2) is 6.03 Å². The first kappa shape index (κ1) is 15.4. The highest BCUT2D eigenvalue weighted by atomic mass is 35.5. The summed E-state index contributed by atoms with van der Waals surface area (Å²) >= 11 is 5.90. The van der Waals surface area contributed by atoms with Gasteiger partial charge in [0.25, 0.3) is 0 Å². The number of anilines is 2. The number of amides is 2. The zero-order chi connectivity index (χ0) is 15.2. The van der Waals surface area contributed by atoms with Crippen LogP contribution in [0, 0.1) is 0 Å². The molecule has 0 aromatic heterocycles. The van der Waals surface area contributed by atoms with Crippen LogP contribution in [0.2, 0.25) is 5.02 Å². The molecule has 0 aliphatic rings. The average molecular weight is 303 g/mol. The van der Waals surface area contributed by atoms with E-state index in [2.05, 4.69) is 24.5 Å². The molecule has 1 unspecified atom stereocenters. The second-order valence-electron chi connectivity index (χ2n) is 4.99. The van der Waals surface area contributed by atoms with Crippen molar-refractivity contribution in [2.75, 3.05) is 10.6 Å². The number of carbonyl (C=O) groups excluding carboxylic acids is 1. The standard InChI is InChI=1S/C17H19ClN2O/c1-3-12(2)15-9-4-5-10-16(15)20-17(21)19-14-8-6-7-13(18)11-14/h4-12H,3H2,1-2H3,(H2,19,20,21). The van der Waals surface area contributed by atoms with Crippen molar-refractivity contribution in [1.82, 2.24) is 0 Å². The van der Waals surface area contributed by atoms with Crippen LogP contribution in [0.1, 0.15) is 31.7 Å². The van der Waals surface area contributed by atoms with E-state index in [9.17, 15) is 4.79 Å². The number of halogens is 1. The topological polar surface area (TPSA) is 41.1 Å². The van der Waals surface area contributed by atoms with Gasteiger partial charge in [0.05, 0.1) is 0 Å². The third kappa shape index (κ3) is 4.23. The molecule has 0 saturated carbocycles. The number of hydrogen-bond acceptors (Lipinski definition) is 1. The van der Waals surface area contributed by atoms with Crippen LogP contribution < -0.4 is 10.6 Å². The molecule has 0 fully saturated rings. The van der Waals surface area contributed by atoms with E-state index in [0.29, 0.717) is 16.6 Å². The van der Waals surface area contributed by atoms with Gasteiger partial charge < -0.3 is 10.6 Å². The van der Waals surface area contributed by atoms with E-state index in [1.807, 2.05) is 24.3 Å². The molecule has 2 aromatic rings. The lowest BCUT2D eigenvalue weighted by atomic mass is 9.97. The highest BCUT2D eigenvalue weighted by Crippen LogP contribution is 2.26. The van der Waals surface area contributed by atoms with E-state index >= 15 is 0 Å². The molecule has 21 heavy (non-hydrogen) atoms. The van der Waals surface area contributed by atoms with Gasteiger partial charge in [-0.2, -0.15) is 0 Å². The Hall–Kier alpha value is -2.00. The number of benzene rings is 2. The van der Waals surface area contributed by atoms with Crippen LogP contribution in [0.4, 0.5) is 16.2 Å². The fourth-order valence-corrected chi connectivity index (χ4v) is 2.30. The summed E-state index contributed by atoms with van der Waals surface area (Å²) in [6.07, 6.45) is 1.02. The van der Waals surface area contributed by atoms with Crippen molar-refractivity contribution < 1.29 is 4.79 Å². The number of urea groups is 1. The SMILES string of the molecule is CCC(C)c1ccccc1NC(=O)Nc1cccc(Cl)c1. The van der Waals surface area contributed by atoms with Gasteiger partial charge in [0.2, 0.25) is 0 Å². The molecule has 2 aromatic carbocycles. The Labute approximate surface area is 130 Å². The summed E-state index contributed by atoms with van der Waals surface area (Å²) < 4.78 is 0. The van der Waals surface area contributed by atoms with Crippen molar-refractivity contribution in [2.45, 2.75) is 26.2 Å². The molecule has 0 heterocycles. The van der Waals surface area contributed by atoms with Gasteiger partial charge in [-0.05, 0) is 42.2 Å². The molecule has 2 rings (SSSR count). The second kappa shape index (κ2) is 7.14. The molecule has 110 valence electrons. The third-order valence-electron chi connectivity index (χ3n) is 3.43. The second-order valence-corrected chi connectivity index (χ2v) is 5.42. The number of carbonyl (C=O) groups is 1. The lowest BCUT2D eigenvalue weighted by Crippen LogP contribution is -2.20. The zero-order valence-corrected chi connectivity index (χ0v) is 12.9. The number of hydrogen-bond donors (Lipinski definition) is 2. The molecule has 0 bridgehead atoms. The zero-order valence-electron chi connectivity index (χ0n) is 12.2. The Morgan fingerprint density at radius 3 is 2.62 bits per heavy atom. The predicted octanol–water partition coefficient (Wildman–Crippen LogP) is 5.50. The fourth-order valence-electron chi connectivity index (χ4n) is 2.11. The quantitative estimate of drug-likeness (QED) is 0.769. The van der Waals surface area contributed by atoms with Crippen molar-refractivity contribution in [3.05, 3.63) is 59.1 Å². The van der Waals surface area contributed by atoms with Gasteiger partial charge in [-0.15, -0.1) is 0 Å². The monoisotopic (exact) mass is 302 g/mol. The van der Waals surface area contributed by atoms with Gasteiger partial charge in [0.1, 0.15) is 0 Å². The number of nitrogens with one attached hydrogen (secondary N) is 2. The molecule has 0 spiro atoms. The molecule has 1 atom stereocenters. The summed E-state index contributed by atoms with van der Waals surface area (Å²) in [7, 11) is 0. The lowest BCUT2D eigenvalue weighted by molar-refractivity contribution is 0.262. The van der Waals surface area contributed by atoms with Crippen molar-refractivity contribution in [1.29, 1.82) is 0 Å². The summed E-state index contributed by atoms with van der Waals surface area (Å²) in [6, 6.07) is 14.7. The number of para-hydroxylation sites is 1. The van der Waals surface area contributed by atoms with E-state index < -0.39 is 0 Å². The molecule has 2 amide bonds. The van der Waals surface area contributed by atoms with Gasteiger partial charge in [-0.25, -0.2) is 4.79 Å². The Balaban J connectivity index is 2.09. The average Bonchev–Trinajstić information content (AvgIpc) is 2.47. The summed E-state index contributed by atoms with van der Waals surface area (Å²) in [5.74, 6) is 0.396. The van der Waals surface area contributed by atoms with Gasteiger partial charge in [-0.3, -0.25) is 0 Å². The molecular weight excluding hydrogens is 284 g/mol. The number of rotatable bonds is 4. The maximum Gasteiger partial charge on any atom is 0.323 e. The minimum Gasteiger partial charge on any atom is -0.308 e. The van der Waals surface area contributed by atoms with E-state index in [4.69, 9.17) is 11.6 Å². The summed E-state index contributed by atoms with van der Waals surface area (Å²) in [5.41, 5.74) is 2.65. The maximum atomic E-state index is 12.1. The summed E-state index contributed by atoms with van der Waals surface area (Å²) in [5, 5.41) is 6.27. The van der Waals surface area contributed by atoms with Gasteiger partial charge in [0.15, 0.2) is 0 Å². The minimum atomic E-state index is -0.270. The van der Waals surface area contributed by atoms with Crippen LogP contribution in [0.5, 0.6) is 0 Å². The maximum absolute atomic E-state index is 12.1. The van der Waals surface area contributed by atoms with Crippen LogP contribution in [0.3, 0.4) is 0 Å². The van der Waals surface area contributed by atoms with Crippen molar-refractivity contribution in [3.63, 3.8) is 0 Å². The van der Waals surface area contributed by atoms with Crippen LogP contribution in [-0.2, 0) is 0 Å². The van der Waals surface area contributed by atoms with Crippen LogP contribution in [0.25, 0.3) is 0 Å². The van der Waals surface area contributed by atoms with E-state index in [1.54, 1.807) is 24.3 Å². The predicted molar refractivity (Wildman–Crippen MR) is 89.2 cm³/mol. The first-order chi connectivity index (χ1) is 10.1. The van der Waals surface area contributed by atoms with Crippen LogP contribution in [0.15, 0.2) is 48.5 Å². The van der Waals surface area contributed by atoms with Gasteiger partial charge >= 0.3 is 6.03 Å². The van der Waals surface area contributed by atoms with Gasteiger partial charge in [-0.1, -0.05) is 49.7 Å². The highest BCUT2D eigenvalue weighted by Gasteiger charge is 2.11. The van der Waals surface area contributed by atoms with E-state index in [1.165, 1.54) is 0 Å². The van der Waals surface area contributed by atoms with Crippen molar-refractivity contribution in [3.8, 4) is 0 Å². The Morgan fingerprint density at radius 1 is 1.14 bits per heavy atom. The molecule has 2 N–H and O–H groups in total. The fraction of sp³-hybridized carbons (Fsp3) is 0.235. The molecular formula is C17H19ClN2O. The minimum absolute atomic E-state index is 0.270. The van der Waals surface area contributed by atoms with Crippen molar-refractivity contribution >= 4 is 29.0 Å².